The summed E-state index contributed by atoms with van der Waals surface area (Å²) in [7, 11) is 1.48. The van der Waals surface area contributed by atoms with Gasteiger partial charge in [-0.1, -0.05) is 48.5 Å². The van der Waals surface area contributed by atoms with Crippen molar-refractivity contribution in [3.63, 3.8) is 0 Å². The Morgan fingerprint density at radius 2 is 1.67 bits per heavy atom. The van der Waals surface area contributed by atoms with Gasteiger partial charge < -0.3 is 14.8 Å². The highest BCUT2D eigenvalue weighted by molar-refractivity contribution is 7.03. The van der Waals surface area contributed by atoms with Gasteiger partial charge in [0.1, 0.15) is 0 Å². The van der Waals surface area contributed by atoms with Gasteiger partial charge in [0.2, 0.25) is 0 Å². The molecule has 9 heteroatoms. The molecule has 0 amide bonds. The number of nitrogens with one attached hydrogen (secondary N) is 2. The summed E-state index contributed by atoms with van der Waals surface area (Å²) in [5.74, 6) is -0.514. The van der Waals surface area contributed by atoms with Gasteiger partial charge in [-0.05, 0) is 40.8 Å². The van der Waals surface area contributed by atoms with Crippen molar-refractivity contribution < 1.29 is 14.6 Å². The van der Waals surface area contributed by atoms with E-state index >= 15 is 0 Å². The molecule has 0 aliphatic rings. The lowest BCUT2D eigenvalue weighted by molar-refractivity contribution is 0.0699. The van der Waals surface area contributed by atoms with E-state index in [4.69, 9.17) is 4.74 Å². The van der Waals surface area contributed by atoms with Crippen molar-refractivity contribution in [3.8, 4) is 39.7 Å². The number of H-pyrrole nitrogens is 2. The molecule has 33 heavy (non-hydrogen) atoms. The predicted octanol–water partition coefficient (Wildman–Crippen LogP) is 4.72. The second-order valence-corrected chi connectivity index (χ2v) is 8.17. The number of aryl methyl sites for hydroxylation is 1. The molecule has 3 N–H and O–H groups in total. The number of imidazole rings is 1. The third-order valence-electron chi connectivity index (χ3n) is 5.55. The number of benzene rings is 3. The summed E-state index contributed by atoms with van der Waals surface area (Å²) in [4.78, 5) is 33.4. The molecule has 0 saturated carbocycles. The zero-order valence-corrected chi connectivity index (χ0v) is 18.5. The molecular weight excluding hydrogens is 440 g/mol. The fourth-order valence-electron chi connectivity index (χ4n) is 3.95. The monoisotopic (exact) mass is 458 g/mol. The Morgan fingerprint density at radius 3 is 2.27 bits per heavy atom. The van der Waals surface area contributed by atoms with Crippen LogP contribution < -0.4 is 9.61 Å². The van der Waals surface area contributed by atoms with Crippen LogP contribution in [0.5, 0.6) is 6.01 Å². The lowest BCUT2D eigenvalue weighted by Gasteiger charge is -2.11. The molecule has 8 nitrogen and oxygen atoms in total. The first-order valence-corrected chi connectivity index (χ1v) is 10.8. The van der Waals surface area contributed by atoms with E-state index < -0.39 is 5.97 Å². The quantitative estimate of drug-likeness (QED) is 0.350. The zero-order valence-electron chi connectivity index (χ0n) is 17.7. The second-order valence-electron chi connectivity index (χ2n) is 7.44. The SMILES string of the molecule is COc1nc2c(C)c(-c3ccc(-c4ccccc4-c4nsc(=O)[nH]4)cc3)cc(C(=O)O)c2[nH]1. The minimum atomic E-state index is -1.05. The van der Waals surface area contributed by atoms with E-state index in [0.29, 0.717) is 16.9 Å². The minimum Gasteiger partial charge on any atom is -0.478 e. The van der Waals surface area contributed by atoms with Gasteiger partial charge in [0.25, 0.3) is 6.01 Å². The van der Waals surface area contributed by atoms with E-state index in [1.807, 2.05) is 55.5 Å². The number of aromatic nitrogens is 4. The van der Waals surface area contributed by atoms with E-state index in [2.05, 4.69) is 19.3 Å². The number of aromatic carboxylic acids is 1. The molecule has 164 valence electrons. The van der Waals surface area contributed by atoms with Crippen LogP contribution in [0.3, 0.4) is 0 Å². The topological polar surface area (TPSA) is 121 Å². The third kappa shape index (κ3) is 3.58. The van der Waals surface area contributed by atoms with Crippen LogP contribution in [0.25, 0.3) is 44.7 Å². The number of fused-ring (bicyclic) bond motifs is 1. The molecule has 0 aliphatic heterocycles. The van der Waals surface area contributed by atoms with Crippen molar-refractivity contribution in [1.82, 2.24) is 19.3 Å². The van der Waals surface area contributed by atoms with Crippen LogP contribution in [0.4, 0.5) is 0 Å². The van der Waals surface area contributed by atoms with E-state index in [-0.39, 0.29) is 16.4 Å². The van der Waals surface area contributed by atoms with Gasteiger partial charge in [-0.2, -0.15) is 9.36 Å². The van der Waals surface area contributed by atoms with Crippen LogP contribution in [0.15, 0.2) is 59.4 Å². The lowest BCUT2D eigenvalue weighted by Crippen LogP contribution is -2.00. The Labute approximate surface area is 191 Å². The Balaban J connectivity index is 1.61. The van der Waals surface area contributed by atoms with Gasteiger partial charge in [-0.15, -0.1) is 0 Å². The summed E-state index contributed by atoms with van der Waals surface area (Å²) in [6, 6.07) is 17.4. The molecule has 0 radical (unpaired) electrons. The van der Waals surface area contributed by atoms with Crippen molar-refractivity contribution in [2.24, 2.45) is 0 Å². The number of hydrogen-bond acceptors (Lipinski definition) is 6. The van der Waals surface area contributed by atoms with E-state index in [1.165, 1.54) is 7.11 Å². The molecule has 3 aromatic carbocycles. The normalized spacial score (nSPS) is 11.1. The fourth-order valence-corrected chi connectivity index (χ4v) is 4.41. The summed E-state index contributed by atoms with van der Waals surface area (Å²) in [5, 5.41) is 9.74. The first-order valence-electron chi connectivity index (χ1n) is 10.0. The van der Waals surface area contributed by atoms with Crippen molar-refractivity contribution >= 4 is 28.5 Å². The van der Waals surface area contributed by atoms with Crippen molar-refractivity contribution in [3.05, 3.63) is 75.4 Å². The Hall–Kier alpha value is -4.24. The summed E-state index contributed by atoms with van der Waals surface area (Å²) >= 11 is 0.886. The highest BCUT2D eigenvalue weighted by Gasteiger charge is 2.19. The maximum Gasteiger partial charge on any atom is 0.337 e. The van der Waals surface area contributed by atoms with Crippen LogP contribution in [0, 0.1) is 6.92 Å². The van der Waals surface area contributed by atoms with Gasteiger partial charge in [0, 0.05) is 17.1 Å². The summed E-state index contributed by atoms with van der Waals surface area (Å²) in [6.45, 7) is 1.91. The maximum atomic E-state index is 11.9. The number of carboxylic acids is 1. The summed E-state index contributed by atoms with van der Waals surface area (Å²) in [5.41, 5.74) is 6.32. The van der Waals surface area contributed by atoms with Crippen molar-refractivity contribution in [2.45, 2.75) is 6.92 Å². The van der Waals surface area contributed by atoms with Gasteiger partial charge in [0.15, 0.2) is 5.82 Å². The van der Waals surface area contributed by atoms with Gasteiger partial charge >= 0.3 is 10.8 Å². The minimum absolute atomic E-state index is 0.128. The van der Waals surface area contributed by atoms with Crippen LogP contribution in [0.1, 0.15) is 15.9 Å². The number of carbonyl (C=O) groups is 1. The first-order chi connectivity index (χ1) is 16.0. The number of nitrogens with zero attached hydrogens (tertiary/aromatic N) is 2. The molecule has 0 atom stereocenters. The van der Waals surface area contributed by atoms with E-state index in [1.54, 1.807) is 6.07 Å². The van der Waals surface area contributed by atoms with Crippen molar-refractivity contribution in [2.75, 3.05) is 7.11 Å². The molecule has 0 spiro atoms. The number of rotatable bonds is 5. The third-order valence-corrected chi connectivity index (χ3v) is 6.09. The molecule has 0 bridgehead atoms. The number of carboxylic acid groups (broad SMARTS) is 1. The Kier molecular flexibility index (Phi) is 5.02. The number of methoxy groups -OCH3 is 1. The second kappa shape index (κ2) is 8.03. The van der Waals surface area contributed by atoms with Gasteiger partial charge in [-0.3, -0.25) is 9.78 Å². The molecule has 0 aliphatic carbocycles. The zero-order chi connectivity index (χ0) is 23.1. The number of hydrogen-bond donors (Lipinski definition) is 3. The van der Waals surface area contributed by atoms with Crippen molar-refractivity contribution in [1.29, 1.82) is 0 Å². The standard InChI is InChI=1S/C24H18N4O4S/c1-12-17(11-18(22(29)30)20-19(12)25-23(26-20)32-2)14-9-7-13(8-10-14)15-5-3-4-6-16(15)21-27-24(31)33-28-21/h3-11H,1-2H3,(H,25,26)(H,29,30)(H,27,28,31). The average Bonchev–Trinajstić information content (AvgIpc) is 3.46. The highest BCUT2D eigenvalue weighted by atomic mass is 32.1. The Bertz CT molecular complexity index is 1560. The van der Waals surface area contributed by atoms with Gasteiger partial charge in [-0.25, -0.2) is 4.79 Å². The summed E-state index contributed by atoms with van der Waals surface area (Å²) in [6.07, 6.45) is 0. The molecule has 2 heterocycles. The maximum absolute atomic E-state index is 11.9. The molecule has 2 aromatic heterocycles. The van der Waals surface area contributed by atoms with Crippen LogP contribution in [-0.4, -0.2) is 37.5 Å². The summed E-state index contributed by atoms with van der Waals surface area (Å²) < 4.78 is 9.37. The predicted molar refractivity (Wildman–Crippen MR) is 127 cm³/mol. The molecule has 0 saturated heterocycles. The van der Waals surface area contributed by atoms with Crippen LogP contribution in [-0.2, 0) is 0 Å². The molecule has 0 fully saturated rings. The number of aromatic amines is 2. The smallest absolute Gasteiger partial charge is 0.337 e. The Morgan fingerprint density at radius 1 is 1.00 bits per heavy atom. The van der Waals surface area contributed by atoms with E-state index in [0.717, 1.165) is 44.9 Å². The highest BCUT2D eigenvalue weighted by Crippen LogP contribution is 2.35. The molecule has 5 rings (SSSR count). The number of ether oxygens (including phenoxy) is 1. The fraction of sp³-hybridized carbons (Fsp3) is 0.0833. The molecule has 0 unspecified atom stereocenters. The lowest BCUT2D eigenvalue weighted by atomic mass is 9.93. The first kappa shape index (κ1) is 20.7. The van der Waals surface area contributed by atoms with E-state index in [9.17, 15) is 14.7 Å². The molecule has 5 aromatic rings. The largest absolute Gasteiger partial charge is 0.478 e. The average molecular weight is 458 g/mol. The molecular formula is C24H18N4O4S. The van der Waals surface area contributed by atoms with Crippen LogP contribution >= 0.6 is 11.5 Å². The van der Waals surface area contributed by atoms with Gasteiger partial charge in [0.05, 0.1) is 23.7 Å². The van der Waals surface area contributed by atoms with Crippen LogP contribution in [0.2, 0.25) is 0 Å².